The lowest BCUT2D eigenvalue weighted by Gasteiger charge is -2.13. The van der Waals surface area contributed by atoms with Crippen LogP contribution in [-0.2, 0) is 6.18 Å². The SMILES string of the molecule is O=C(NCCNc1cc(Cl)c(C(F)(F)F)cc1[N+](=O)[O-])c1ccc(O)cc1. The minimum atomic E-state index is -4.82. The van der Waals surface area contributed by atoms with Crippen LogP contribution in [0.4, 0.5) is 24.5 Å². The molecule has 27 heavy (non-hydrogen) atoms. The van der Waals surface area contributed by atoms with Crippen LogP contribution >= 0.6 is 11.6 Å². The molecule has 1 amide bonds. The van der Waals surface area contributed by atoms with Crippen molar-refractivity contribution in [1.82, 2.24) is 5.32 Å². The van der Waals surface area contributed by atoms with E-state index in [9.17, 15) is 28.1 Å². The number of aromatic hydroxyl groups is 1. The van der Waals surface area contributed by atoms with Crippen LogP contribution in [0.5, 0.6) is 5.75 Å². The molecule has 0 radical (unpaired) electrons. The summed E-state index contributed by atoms with van der Waals surface area (Å²) in [7, 11) is 0. The zero-order valence-corrected chi connectivity index (χ0v) is 14.3. The normalized spacial score (nSPS) is 11.1. The number of benzene rings is 2. The van der Waals surface area contributed by atoms with E-state index in [1.807, 2.05) is 0 Å². The number of phenolic OH excluding ortho intramolecular Hbond substituents is 1. The van der Waals surface area contributed by atoms with Crippen LogP contribution in [0.25, 0.3) is 0 Å². The second-order valence-electron chi connectivity index (χ2n) is 5.33. The third kappa shape index (κ3) is 5.23. The van der Waals surface area contributed by atoms with Gasteiger partial charge in [0.25, 0.3) is 11.6 Å². The molecule has 0 unspecified atom stereocenters. The van der Waals surface area contributed by atoms with E-state index in [1.54, 1.807) is 0 Å². The fourth-order valence-electron chi connectivity index (χ4n) is 2.16. The fraction of sp³-hybridized carbons (Fsp3) is 0.188. The van der Waals surface area contributed by atoms with E-state index in [-0.39, 0.29) is 30.1 Å². The summed E-state index contributed by atoms with van der Waals surface area (Å²) in [6.45, 7) is 0.0435. The maximum Gasteiger partial charge on any atom is 0.418 e. The maximum absolute atomic E-state index is 12.8. The van der Waals surface area contributed by atoms with Gasteiger partial charge in [0.1, 0.15) is 11.4 Å². The van der Waals surface area contributed by atoms with Crippen LogP contribution in [0.1, 0.15) is 15.9 Å². The van der Waals surface area contributed by atoms with Gasteiger partial charge in [-0.2, -0.15) is 13.2 Å². The summed E-state index contributed by atoms with van der Waals surface area (Å²) in [4.78, 5) is 22.0. The Hall–Kier alpha value is -3.01. The topological polar surface area (TPSA) is 104 Å². The standard InChI is InChI=1S/C16H13ClF3N3O4/c17-12-8-13(14(23(26)27)7-11(12)16(18,19)20)21-5-6-22-15(25)9-1-3-10(24)4-2-9/h1-4,7-8,21,24H,5-6H2,(H,22,25). The highest BCUT2D eigenvalue weighted by Gasteiger charge is 2.36. The molecule has 0 saturated heterocycles. The number of nitro benzene ring substituents is 1. The molecule has 0 bridgehead atoms. The van der Waals surface area contributed by atoms with E-state index in [1.165, 1.54) is 24.3 Å². The average Bonchev–Trinajstić information content (AvgIpc) is 2.57. The number of nitrogens with zero attached hydrogens (tertiary/aromatic N) is 1. The van der Waals surface area contributed by atoms with Crippen LogP contribution in [0, 0.1) is 10.1 Å². The van der Waals surface area contributed by atoms with Crippen molar-refractivity contribution in [3.63, 3.8) is 0 Å². The van der Waals surface area contributed by atoms with Crippen molar-refractivity contribution in [2.45, 2.75) is 6.18 Å². The molecule has 0 aromatic heterocycles. The second kappa shape index (κ2) is 8.12. The van der Waals surface area contributed by atoms with Crippen LogP contribution in [0.15, 0.2) is 36.4 Å². The van der Waals surface area contributed by atoms with Gasteiger partial charge in [0.15, 0.2) is 0 Å². The van der Waals surface area contributed by atoms with Crippen molar-refractivity contribution in [1.29, 1.82) is 0 Å². The predicted molar refractivity (Wildman–Crippen MR) is 92.0 cm³/mol. The van der Waals surface area contributed by atoms with Gasteiger partial charge < -0.3 is 15.7 Å². The number of rotatable bonds is 6. The first-order valence-electron chi connectivity index (χ1n) is 7.46. The zero-order valence-electron chi connectivity index (χ0n) is 13.5. The molecule has 0 atom stereocenters. The molecule has 0 spiro atoms. The molecule has 0 aliphatic rings. The molecular formula is C16H13ClF3N3O4. The lowest BCUT2D eigenvalue weighted by molar-refractivity contribution is -0.384. The van der Waals surface area contributed by atoms with Gasteiger partial charge in [0.2, 0.25) is 0 Å². The van der Waals surface area contributed by atoms with Gasteiger partial charge >= 0.3 is 6.18 Å². The van der Waals surface area contributed by atoms with E-state index in [4.69, 9.17) is 16.7 Å². The van der Waals surface area contributed by atoms with Crippen LogP contribution < -0.4 is 10.6 Å². The van der Waals surface area contributed by atoms with Gasteiger partial charge in [0, 0.05) is 24.7 Å². The molecule has 2 rings (SSSR count). The van der Waals surface area contributed by atoms with Gasteiger partial charge in [-0.1, -0.05) is 11.6 Å². The molecule has 0 aliphatic carbocycles. The van der Waals surface area contributed by atoms with Crippen LogP contribution in [-0.4, -0.2) is 29.0 Å². The monoisotopic (exact) mass is 403 g/mol. The highest BCUT2D eigenvalue weighted by molar-refractivity contribution is 6.31. The zero-order chi connectivity index (χ0) is 20.2. The number of phenols is 1. The number of carbonyl (C=O) groups excluding carboxylic acids is 1. The van der Waals surface area contributed by atoms with Crippen molar-refractivity contribution >= 4 is 28.9 Å². The molecule has 0 aliphatic heterocycles. The number of nitro groups is 1. The van der Waals surface area contributed by atoms with Crippen molar-refractivity contribution in [2.75, 3.05) is 18.4 Å². The number of carbonyl (C=O) groups is 1. The first-order valence-corrected chi connectivity index (χ1v) is 7.83. The van der Waals surface area contributed by atoms with Gasteiger partial charge in [0.05, 0.1) is 15.5 Å². The molecule has 2 aromatic rings. The van der Waals surface area contributed by atoms with E-state index >= 15 is 0 Å². The molecule has 0 saturated carbocycles. The first-order chi connectivity index (χ1) is 12.6. The fourth-order valence-corrected chi connectivity index (χ4v) is 2.43. The summed E-state index contributed by atoms with van der Waals surface area (Å²) < 4.78 is 38.4. The molecule has 144 valence electrons. The number of anilines is 1. The molecule has 0 heterocycles. The third-order valence-corrected chi connectivity index (χ3v) is 3.76. The molecule has 2 aromatic carbocycles. The lowest BCUT2D eigenvalue weighted by atomic mass is 10.1. The van der Waals surface area contributed by atoms with Crippen LogP contribution in [0.2, 0.25) is 5.02 Å². The predicted octanol–water partition coefficient (Wildman–Crippen LogP) is 3.81. The minimum absolute atomic E-state index is 0.000270. The summed E-state index contributed by atoms with van der Waals surface area (Å²) in [6.07, 6.45) is -4.82. The van der Waals surface area contributed by atoms with Gasteiger partial charge in [-0.15, -0.1) is 0 Å². The number of hydrogen-bond acceptors (Lipinski definition) is 5. The Bertz CT molecular complexity index is 857. The summed E-state index contributed by atoms with van der Waals surface area (Å²) in [5, 5.41) is 24.6. The molecule has 11 heteroatoms. The number of halogens is 4. The van der Waals surface area contributed by atoms with Crippen LogP contribution in [0.3, 0.4) is 0 Å². The molecular weight excluding hydrogens is 391 g/mol. The number of alkyl halides is 3. The Morgan fingerprint density at radius 1 is 1.19 bits per heavy atom. The molecule has 3 N–H and O–H groups in total. The maximum atomic E-state index is 12.8. The van der Waals surface area contributed by atoms with E-state index < -0.39 is 33.3 Å². The van der Waals surface area contributed by atoms with Gasteiger partial charge in [-0.25, -0.2) is 0 Å². The summed E-state index contributed by atoms with van der Waals surface area (Å²) in [6, 6.07) is 6.66. The third-order valence-electron chi connectivity index (χ3n) is 3.44. The minimum Gasteiger partial charge on any atom is -0.508 e. The summed E-state index contributed by atoms with van der Waals surface area (Å²) >= 11 is 5.57. The van der Waals surface area contributed by atoms with E-state index in [2.05, 4.69) is 10.6 Å². The van der Waals surface area contributed by atoms with Crippen molar-refractivity contribution in [3.05, 3.63) is 62.7 Å². The van der Waals surface area contributed by atoms with Gasteiger partial charge in [-0.3, -0.25) is 14.9 Å². The molecule has 7 nitrogen and oxygen atoms in total. The highest BCUT2D eigenvalue weighted by atomic mass is 35.5. The Kier molecular flexibility index (Phi) is 6.11. The Balaban J connectivity index is 2.03. The smallest absolute Gasteiger partial charge is 0.418 e. The number of amides is 1. The molecule has 0 fully saturated rings. The van der Waals surface area contributed by atoms with Crippen molar-refractivity contribution in [2.24, 2.45) is 0 Å². The second-order valence-corrected chi connectivity index (χ2v) is 5.74. The lowest BCUT2D eigenvalue weighted by Crippen LogP contribution is -2.28. The van der Waals surface area contributed by atoms with Crippen molar-refractivity contribution < 1.29 is 28.0 Å². The summed E-state index contributed by atoms with van der Waals surface area (Å²) in [5.41, 5.74) is -1.99. The van der Waals surface area contributed by atoms with E-state index in [0.717, 1.165) is 6.07 Å². The quantitative estimate of drug-likeness (QED) is 0.386. The number of hydrogen-bond donors (Lipinski definition) is 3. The first kappa shape index (κ1) is 20.3. The van der Waals surface area contributed by atoms with Crippen molar-refractivity contribution in [3.8, 4) is 5.75 Å². The Morgan fingerprint density at radius 3 is 2.37 bits per heavy atom. The highest BCUT2D eigenvalue weighted by Crippen LogP contribution is 2.40. The van der Waals surface area contributed by atoms with Gasteiger partial charge in [-0.05, 0) is 30.3 Å². The Morgan fingerprint density at radius 2 is 1.81 bits per heavy atom. The summed E-state index contributed by atoms with van der Waals surface area (Å²) in [5.74, 6) is -0.448. The Labute approximate surface area is 155 Å². The van der Waals surface area contributed by atoms with E-state index in [0.29, 0.717) is 6.07 Å². The average molecular weight is 404 g/mol. The largest absolute Gasteiger partial charge is 0.508 e. The number of nitrogens with one attached hydrogen (secondary N) is 2.